The standard InChI is InChI=1S/C30H51N3O4/c1-12-14-15-16-31-26(34)25(23-18-20(3)17-21(4)19-23)33(29(6,7)8)27(35)24(22(5)13-2)32-28(36)37-30(9,10)11/h17-19,22,24-25H,12-16H2,1-11H3,(H,31,34)(H,32,36). The number of ether oxygens (including phenoxy) is 1. The summed E-state index contributed by atoms with van der Waals surface area (Å²) in [5, 5.41) is 5.89. The van der Waals surface area contributed by atoms with Gasteiger partial charge in [-0.25, -0.2) is 4.79 Å². The highest BCUT2D eigenvalue weighted by Gasteiger charge is 2.43. The van der Waals surface area contributed by atoms with Crippen LogP contribution in [0.4, 0.5) is 4.79 Å². The number of nitrogens with one attached hydrogen (secondary N) is 2. The average Bonchev–Trinajstić information content (AvgIpc) is 2.74. The van der Waals surface area contributed by atoms with E-state index in [1.807, 2.05) is 60.6 Å². The molecule has 1 rings (SSSR count). The van der Waals surface area contributed by atoms with Crippen LogP contribution in [-0.2, 0) is 14.3 Å². The van der Waals surface area contributed by atoms with Gasteiger partial charge < -0.3 is 20.3 Å². The fourth-order valence-electron chi connectivity index (χ4n) is 4.38. The van der Waals surface area contributed by atoms with Crippen molar-refractivity contribution >= 4 is 17.9 Å². The molecule has 0 aliphatic rings. The summed E-state index contributed by atoms with van der Waals surface area (Å²) in [6, 6.07) is 4.29. The maximum Gasteiger partial charge on any atom is 0.408 e. The van der Waals surface area contributed by atoms with Crippen molar-refractivity contribution in [2.45, 2.75) is 125 Å². The van der Waals surface area contributed by atoms with Gasteiger partial charge in [-0.15, -0.1) is 0 Å². The summed E-state index contributed by atoms with van der Waals surface area (Å²) in [5.74, 6) is -0.692. The fourth-order valence-corrected chi connectivity index (χ4v) is 4.38. The highest BCUT2D eigenvalue weighted by Crippen LogP contribution is 2.32. The molecule has 0 aromatic heterocycles. The minimum atomic E-state index is -0.847. The molecule has 0 saturated carbocycles. The maximum absolute atomic E-state index is 14.3. The van der Waals surface area contributed by atoms with Crippen LogP contribution in [0.5, 0.6) is 0 Å². The first-order valence-corrected chi connectivity index (χ1v) is 13.7. The number of unbranched alkanes of at least 4 members (excludes halogenated alkanes) is 2. The lowest BCUT2D eigenvalue weighted by atomic mass is 9.90. The Hall–Kier alpha value is -2.57. The van der Waals surface area contributed by atoms with Gasteiger partial charge in [-0.3, -0.25) is 9.59 Å². The zero-order chi connectivity index (χ0) is 28.6. The van der Waals surface area contributed by atoms with E-state index < -0.39 is 29.3 Å². The van der Waals surface area contributed by atoms with Gasteiger partial charge in [0.2, 0.25) is 11.8 Å². The number of hydrogen-bond acceptors (Lipinski definition) is 4. The van der Waals surface area contributed by atoms with Gasteiger partial charge in [-0.2, -0.15) is 0 Å². The van der Waals surface area contributed by atoms with Crippen molar-refractivity contribution in [3.8, 4) is 0 Å². The number of nitrogens with zero attached hydrogens (tertiary/aromatic N) is 1. The van der Waals surface area contributed by atoms with E-state index in [0.717, 1.165) is 36.0 Å². The van der Waals surface area contributed by atoms with Crippen LogP contribution in [0.3, 0.4) is 0 Å². The molecule has 1 aromatic rings. The molecule has 1 aromatic carbocycles. The van der Waals surface area contributed by atoms with Crippen LogP contribution < -0.4 is 10.6 Å². The molecular weight excluding hydrogens is 466 g/mol. The molecule has 7 nitrogen and oxygen atoms in total. The number of aryl methyl sites for hydroxylation is 2. The number of rotatable bonds is 11. The Labute approximate surface area is 225 Å². The Balaban J connectivity index is 3.59. The third-order valence-corrected chi connectivity index (χ3v) is 6.26. The van der Waals surface area contributed by atoms with E-state index >= 15 is 0 Å². The van der Waals surface area contributed by atoms with E-state index in [1.54, 1.807) is 25.7 Å². The first kappa shape index (κ1) is 32.5. The Kier molecular flexibility index (Phi) is 12.1. The largest absolute Gasteiger partial charge is 0.444 e. The van der Waals surface area contributed by atoms with E-state index in [4.69, 9.17) is 4.74 Å². The summed E-state index contributed by atoms with van der Waals surface area (Å²) < 4.78 is 5.48. The predicted molar refractivity (Wildman–Crippen MR) is 150 cm³/mol. The molecule has 3 unspecified atom stereocenters. The smallest absolute Gasteiger partial charge is 0.408 e. The van der Waals surface area contributed by atoms with Crippen molar-refractivity contribution in [1.29, 1.82) is 0 Å². The van der Waals surface area contributed by atoms with Crippen LogP contribution in [0.15, 0.2) is 18.2 Å². The van der Waals surface area contributed by atoms with Gasteiger partial charge in [0, 0.05) is 12.1 Å². The Morgan fingerprint density at radius 3 is 1.97 bits per heavy atom. The van der Waals surface area contributed by atoms with Crippen molar-refractivity contribution in [1.82, 2.24) is 15.5 Å². The second-order valence-corrected chi connectivity index (χ2v) is 12.2. The number of carbonyl (C=O) groups excluding carboxylic acids is 3. The molecule has 0 aliphatic heterocycles. The summed E-state index contributed by atoms with van der Waals surface area (Å²) in [6.07, 6.45) is 2.97. The zero-order valence-corrected chi connectivity index (χ0v) is 25.1. The monoisotopic (exact) mass is 517 g/mol. The molecule has 0 radical (unpaired) electrons. The molecule has 0 aliphatic carbocycles. The first-order chi connectivity index (χ1) is 17.0. The van der Waals surface area contributed by atoms with Crippen LogP contribution >= 0.6 is 0 Å². The molecule has 0 bridgehead atoms. The van der Waals surface area contributed by atoms with Gasteiger partial charge in [-0.1, -0.05) is 69.4 Å². The zero-order valence-electron chi connectivity index (χ0n) is 25.1. The summed E-state index contributed by atoms with van der Waals surface area (Å²) in [5.41, 5.74) is 1.39. The van der Waals surface area contributed by atoms with E-state index in [2.05, 4.69) is 23.6 Å². The minimum Gasteiger partial charge on any atom is -0.444 e. The molecule has 3 amide bonds. The molecule has 37 heavy (non-hydrogen) atoms. The molecule has 0 fully saturated rings. The normalized spacial score (nSPS) is 14.4. The van der Waals surface area contributed by atoms with E-state index in [-0.39, 0.29) is 17.7 Å². The minimum absolute atomic E-state index is 0.169. The topological polar surface area (TPSA) is 87.7 Å². The Bertz CT molecular complexity index is 894. The number of amides is 3. The van der Waals surface area contributed by atoms with Crippen molar-refractivity contribution in [2.24, 2.45) is 5.92 Å². The molecule has 7 heteroatoms. The molecule has 0 saturated heterocycles. The van der Waals surface area contributed by atoms with E-state index in [1.165, 1.54) is 0 Å². The lowest BCUT2D eigenvalue weighted by molar-refractivity contribution is -0.149. The highest BCUT2D eigenvalue weighted by atomic mass is 16.6. The van der Waals surface area contributed by atoms with Gasteiger partial charge in [0.15, 0.2) is 0 Å². The summed E-state index contributed by atoms with van der Waals surface area (Å²) in [7, 11) is 0. The van der Waals surface area contributed by atoms with Gasteiger partial charge in [-0.05, 0) is 73.3 Å². The number of hydrogen-bond donors (Lipinski definition) is 2. The number of carbonyl (C=O) groups is 3. The van der Waals surface area contributed by atoms with Crippen molar-refractivity contribution in [3.63, 3.8) is 0 Å². The molecule has 2 N–H and O–H groups in total. The van der Waals surface area contributed by atoms with Crippen LogP contribution in [0.2, 0.25) is 0 Å². The SMILES string of the molecule is CCCCCNC(=O)C(c1cc(C)cc(C)c1)N(C(=O)C(NC(=O)OC(C)(C)C)C(C)CC)C(C)(C)C. The lowest BCUT2D eigenvalue weighted by Gasteiger charge is -2.44. The average molecular weight is 518 g/mol. The third-order valence-electron chi connectivity index (χ3n) is 6.26. The van der Waals surface area contributed by atoms with Gasteiger partial charge in [0.25, 0.3) is 0 Å². The summed E-state index contributed by atoms with van der Waals surface area (Å²) >= 11 is 0. The van der Waals surface area contributed by atoms with Crippen molar-refractivity contribution in [2.75, 3.05) is 6.54 Å². The van der Waals surface area contributed by atoms with Gasteiger partial charge in [0.1, 0.15) is 17.7 Å². The van der Waals surface area contributed by atoms with Gasteiger partial charge in [0.05, 0.1) is 0 Å². The van der Waals surface area contributed by atoms with Crippen LogP contribution in [-0.4, -0.2) is 46.5 Å². The molecule has 0 spiro atoms. The summed E-state index contributed by atoms with van der Waals surface area (Å²) in [6.45, 7) is 21.7. The summed E-state index contributed by atoms with van der Waals surface area (Å²) in [4.78, 5) is 42.5. The maximum atomic E-state index is 14.3. The number of alkyl carbamates (subject to hydrolysis) is 1. The van der Waals surface area contributed by atoms with Crippen LogP contribution in [0.25, 0.3) is 0 Å². The molecule has 210 valence electrons. The van der Waals surface area contributed by atoms with Crippen molar-refractivity contribution < 1.29 is 19.1 Å². The second kappa shape index (κ2) is 13.8. The Morgan fingerprint density at radius 2 is 1.51 bits per heavy atom. The van der Waals surface area contributed by atoms with Crippen LogP contribution in [0, 0.1) is 19.8 Å². The highest BCUT2D eigenvalue weighted by molar-refractivity contribution is 5.92. The fraction of sp³-hybridized carbons (Fsp3) is 0.700. The molecule has 3 atom stereocenters. The van der Waals surface area contributed by atoms with Gasteiger partial charge >= 0.3 is 6.09 Å². The van der Waals surface area contributed by atoms with Crippen LogP contribution in [0.1, 0.15) is 111 Å². The Morgan fingerprint density at radius 1 is 0.946 bits per heavy atom. The first-order valence-electron chi connectivity index (χ1n) is 13.7. The number of benzene rings is 1. The molecule has 0 heterocycles. The molecular formula is C30H51N3O4. The van der Waals surface area contributed by atoms with E-state index in [0.29, 0.717) is 13.0 Å². The second-order valence-electron chi connectivity index (χ2n) is 12.2. The lowest BCUT2D eigenvalue weighted by Crippen LogP contribution is -2.60. The predicted octanol–water partition coefficient (Wildman–Crippen LogP) is 6.22. The van der Waals surface area contributed by atoms with E-state index in [9.17, 15) is 14.4 Å². The quantitative estimate of drug-likeness (QED) is 0.341. The third kappa shape index (κ3) is 10.4. The van der Waals surface area contributed by atoms with Crippen molar-refractivity contribution in [3.05, 3.63) is 34.9 Å².